The van der Waals surface area contributed by atoms with Crippen LogP contribution in [0.1, 0.15) is 26.7 Å². The molecular formula is C13H25N3O5. The van der Waals surface area contributed by atoms with E-state index in [1.807, 2.05) is 32.8 Å². The summed E-state index contributed by atoms with van der Waals surface area (Å²) >= 11 is 0. The Hall–Kier alpha value is -1.83. The van der Waals surface area contributed by atoms with Crippen molar-refractivity contribution in [1.82, 2.24) is 15.5 Å². The fourth-order valence-corrected chi connectivity index (χ4v) is 1.29. The minimum Gasteiger partial charge on any atom is -0.480 e. The van der Waals surface area contributed by atoms with Crippen LogP contribution in [0.2, 0.25) is 0 Å². The Morgan fingerprint density at radius 1 is 1.29 bits per heavy atom. The number of carboxylic acid groups (broad SMARTS) is 1. The third-order valence-electron chi connectivity index (χ3n) is 3.36. The predicted octanol–water partition coefficient (Wildman–Crippen LogP) is 0.0322. The van der Waals surface area contributed by atoms with Crippen LogP contribution in [0.3, 0.4) is 0 Å². The van der Waals surface area contributed by atoms with Gasteiger partial charge in [0.1, 0.15) is 6.04 Å². The summed E-state index contributed by atoms with van der Waals surface area (Å²) in [4.78, 5) is 35.7. The van der Waals surface area contributed by atoms with Crippen molar-refractivity contribution in [2.75, 3.05) is 27.7 Å². The molecule has 0 aromatic carbocycles. The highest BCUT2D eigenvalue weighted by atomic mass is 16.5. The molecule has 0 saturated carbocycles. The summed E-state index contributed by atoms with van der Waals surface area (Å²) in [5.41, 5.74) is -0.262. The molecule has 0 rings (SSSR count). The first kappa shape index (κ1) is 19.2. The Balaban J connectivity index is 4.36. The van der Waals surface area contributed by atoms with Crippen LogP contribution in [-0.2, 0) is 14.3 Å². The van der Waals surface area contributed by atoms with Crippen LogP contribution in [0.15, 0.2) is 0 Å². The summed E-state index contributed by atoms with van der Waals surface area (Å²) in [6.45, 7) is 4.24. The Morgan fingerprint density at radius 3 is 2.29 bits per heavy atom. The lowest BCUT2D eigenvalue weighted by atomic mass is 10.0. The number of rotatable bonds is 8. The molecule has 8 heteroatoms. The van der Waals surface area contributed by atoms with Crippen molar-refractivity contribution in [1.29, 1.82) is 0 Å². The van der Waals surface area contributed by atoms with Crippen molar-refractivity contribution >= 4 is 18.0 Å². The predicted molar refractivity (Wildman–Crippen MR) is 77.0 cm³/mol. The molecule has 21 heavy (non-hydrogen) atoms. The van der Waals surface area contributed by atoms with E-state index in [2.05, 4.69) is 15.4 Å². The zero-order valence-electron chi connectivity index (χ0n) is 13.2. The zero-order valence-corrected chi connectivity index (χ0v) is 13.2. The van der Waals surface area contributed by atoms with E-state index in [1.165, 1.54) is 7.11 Å². The summed E-state index contributed by atoms with van der Waals surface area (Å²) in [6, 6.07) is -1.71. The quantitative estimate of drug-likeness (QED) is 0.546. The number of nitrogens with zero attached hydrogens (tertiary/aromatic N) is 1. The Labute approximate surface area is 124 Å². The summed E-state index contributed by atoms with van der Waals surface area (Å²) in [5, 5.41) is 14.0. The van der Waals surface area contributed by atoms with Gasteiger partial charge in [0.15, 0.2) is 0 Å². The number of hydrogen-bond acceptors (Lipinski definition) is 5. The van der Waals surface area contributed by atoms with E-state index < -0.39 is 24.0 Å². The van der Waals surface area contributed by atoms with Crippen LogP contribution < -0.4 is 10.6 Å². The highest BCUT2D eigenvalue weighted by Crippen LogP contribution is 2.07. The highest BCUT2D eigenvalue weighted by molar-refractivity contribution is 5.83. The third-order valence-corrected chi connectivity index (χ3v) is 3.36. The number of ether oxygens (including phenoxy) is 1. The van der Waals surface area contributed by atoms with Gasteiger partial charge in [-0.1, -0.05) is 0 Å². The fourth-order valence-electron chi connectivity index (χ4n) is 1.29. The molecule has 0 bridgehead atoms. The second-order valence-corrected chi connectivity index (χ2v) is 5.54. The van der Waals surface area contributed by atoms with E-state index in [0.717, 1.165) is 0 Å². The van der Waals surface area contributed by atoms with Gasteiger partial charge < -0.3 is 25.4 Å². The summed E-state index contributed by atoms with van der Waals surface area (Å²) < 4.78 is 4.44. The molecular weight excluding hydrogens is 278 g/mol. The second-order valence-electron chi connectivity index (χ2n) is 5.54. The maximum absolute atomic E-state index is 11.7. The van der Waals surface area contributed by atoms with Gasteiger partial charge in [0.05, 0.1) is 7.11 Å². The van der Waals surface area contributed by atoms with E-state index in [4.69, 9.17) is 5.11 Å². The molecule has 0 saturated heterocycles. The minimum atomic E-state index is -1.19. The molecule has 0 unspecified atom stereocenters. The molecule has 0 aliphatic carbocycles. The van der Waals surface area contributed by atoms with Gasteiger partial charge in [0, 0.05) is 18.5 Å². The van der Waals surface area contributed by atoms with Crippen molar-refractivity contribution in [3.05, 3.63) is 0 Å². The average molecular weight is 303 g/mol. The Bertz CT molecular complexity index is 382. The van der Waals surface area contributed by atoms with E-state index in [9.17, 15) is 14.4 Å². The van der Waals surface area contributed by atoms with Crippen molar-refractivity contribution in [3.8, 4) is 0 Å². The number of methoxy groups -OCH3 is 1. The lowest BCUT2D eigenvalue weighted by molar-refractivity contribution is -0.142. The monoisotopic (exact) mass is 303 g/mol. The van der Waals surface area contributed by atoms with Crippen LogP contribution in [0, 0.1) is 0 Å². The van der Waals surface area contributed by atoms with Gasteiger partial charge >= 0.3 is 18.0 Å². The number of carboxylic acids is 1. The van der Waals surface area contributed by atoms with Crippen molar-refractivity contribution in [2.45, 2.75) is 38.3 Å². The molecule has 0 aliphatic heterocycles. The number of hydrogen-bond donors (Lipinski definition) is 3. The van der Waals surface area contributed by atoms with Crippen LogP contribution in [0.4, 0.5) is 4.79 Å². The summed E-state index contributed by atoms with van der Waals surface area (Å²) in [5.74, 6) is -1.71. The fraction of sp³-hybridized carbons (Fsp3) is 0.769. The second kappa shape index (κ2) is 8.46. The molecule has 122 valence electrons. The number of likely N-dealkylation sites (N-methyl/N-ethyl adjacent to an activating group) is 1. The van der Waals surface area contributed by atoms with Crippen LogP contribution in [0.25, 0.3) is 0 Å². The topological polar surface area (TPSA) is 108 Å². The van der Waals surface area contributed by atoms with Gasteiger partial charge in [0.25, 0.3) is 0 Å². The molecule has 3 N–H and O–H groups in total. The van der Waals surface area contributed by atoms with Gasteiger partial charge in [-0.2, -0.15) is 0 Å². The molecule has 1 atom stereocenters. The largest absolute Gasteiger partial charge is 0.480 e. The van der Waals surface area contributed by atoms with Gasteiger partial charge in [-0.3, -0.25) is 4.79 Å². The SMILES string of the molecule is COC(=O)CC[C@@H](NC(=O)NCC(C)(C)N(C)C)C(=O)O. The van der Waals surface area contributed by atoms with E-state index >= 15 is 0 Å². The zero-order chi connectivity index (χ0) is 16.6. The Morgan fingerprint density at radius 2 is 1.86 bits per heavy atom. The van der Waals surface area contributed by atoms with Gasteiger partial charge in [-0.25, -0.2) is 9.59 Å². The smallest absolute Gasteiger partial charge is 0.326 e. The van der Waals surface area contributed by atoms with Crippen LogP contribution >= 0.6 is 0 Å². The molecule has 0 aliphatic rings. The number of esters is 1. The van der Waals surface area contributed by atoms with Crippen molar-refractivity contribution in [2.24, 2.45) is 0 Å². The number of amides is 2. The lowest BCUT2D eigenvalue weighted by Gasteiger charge is -2.32. The number of urea groups is 1. The number of carbonyl (C=O) groups excluding carboxylic acids is 2. The first-order valence-electron chi connectivity index (χ1n) is 6.61. The molecule has 2 amide bonds. The molecule has 0 heterocycles. The summed E-state index contributed by atoms with van der Waals surface area (Å²) in [7, 11) is 4.99. The van der Waals surface area contributed by atoms with Gasteiger partial charge in [-0.15, -0.1) is 0 Å². The minimum absolute atomic E-state index is 0.0213. The molecule has 0 aromatic rings. The van der Waals surface area contributed by atoms with Gasteiger partial charge in [-0.05, 0) is 34.4 Å². The van der Waals surface area contributed by atoms with Crippen LogP contribution in [-0.4, -0.2) is 67.3 Å². The third kappa shape index (κ3) is 7.50. The maximum atomic E-state index is 11.7. The first-order chi connectivity index (χ1) is 9.60. The van der Waals surface area contributed by atoms with E-state index in [0.29, 0.717) is 6.54 Å². The standard InChI is InChI=1S/C13H25N3O5/c1-13(2,16(3)4)8-14-12(20)15-9(11(18)19)6-7-10(17)21-5/h9H,6-8H2,1-5H3,(H,18,19)(H2,14,15,20)/t9-/m1/s1. The number of aliphatic carboxylic acids is 1. The molecule has 0 fully saturated rings. The average Bonchev–Trinajstić information content (AvgIpc) is 2.40. The lowest BCUT2D eigenvalue weighted by Crippen LogP contribution is -2.52. The first-order valence-corrected chi connectivity index (χ1v) is 6.61. The normalized spacial score (nSPS) is 12.7. The molecule has 0 spiro atoms. The summed E-state index contributed by atoms with van der Waals surface area (Å²) in [6.07, 6.45) is -0.0938. The molecule has 0 aromatic heterocycles. The van der Waals surface area contributed by atoms with E-state index in [1.54, 1.807) is 0 Å². The van der Waals surface area contributed by atoms with Gasteiger partial charge in [0.2, 0.25) is 0 Å². The maximum Gasteiger partial charge on any atom is 0.326 e. The molecule has 0 radical (unpaired) electrons. The van der Waals surface area contributed by atoms with Crippen molar-refractivity contribution < 1.29 is 24.2 Å². The van der Waals surface area contributed by atoms with E-state index in [-0.39, 0.29) is 18.4 Å². The highest BCUT2D eigenvalue weighted by Gasteiger charge is 2.24. The number of carbonyl (C=O) groups is 3. The van der Waals surface area contributed by atoms with Crippen LogP contribution in [0.5, 0.6) is 0 Å². The van der Waals surface area contributed by atoms with Crippen molar-refractivity contribution in [3.63, 3.8) is 0 Å². The number of nitrogens with one attached hydrogen (secondary N) is 2. The Kier molecular flexibility index (Phi) is 7.72. The molecule has 8 nitrogen and oxygen atoms in total.